The lowest BCUT2D eigenvalue weighted by atomic mass is 10.0. The fourth-order valence-corrected chi connectivity index (χ4v) is 2.96. The Morgan fingerprint density at radius 3 is 2.95 bits per heavy atom. The van der Waals surface area contributed by atoms with Crippen LogP contribution in [-0.2, 0) is 4.79 Å². The van der Waals surface area contributed by atoms with Gasteiger partial charge in [0, 0.05) is 16.6 Å². The molecule has 0 aliphatic carbocycles. The largest absolute Gasteiger partial charge is 0.496 e. The maximum Gasteiger partial charge on any atom is 0.239 e. The number of ether oxygens (including phenoxy) is 1. The molecule has 1 aromatic rings. The van der Waals surface area contributed by atoms with Crippen molar-refractivity contribution < 1.29 is 9.53 Å². The van der Waals surface area contributed by atoms with E-state index >= 15 is 0 Å². The predicted octanol–water partition coefficient (Wildman–Crippen LogP) is 2.47. The summed E-state index contributed by atoms with van der Waals surface area (Å²) in [6.45, 7) is 2.50. The molecule has 1 aromatic carbocycles. The standard InChI is InChI=1S/C14H19BrN2O2/c1-9(16)14(18)17-7-3-4-12(17)11-8-10(15)5-6-13(11)19-2/h5-6,8-9,12H,3-4,7,16H2,1-2H3/t9-,12?/m1/s1. The van der Waals surface area contributed by atoms with Crippen molar-refractivity contribution in [2.24, 2.45) is 5.73 Å². The topological polar surface area (TPSA) is 55.6 Å². The number of rotatable bonds is 3. The number of halogens is 1. The van der Waals surface area contributed by atoms with Crippen LogP contribution >= 0.6 is 15.9 Å². The molecule has 1 amide bonds. The molecule has 1 aliphatic heterocycles. The first kappa shape index (κ1) is 14.3. The highest BCUT2D eigenvalue weighted by atomic mass is 79.9. The molecule has 0 saturated carbocycles. The van der Waals surface area contributed by atoms with Gasteiger partial charge in [0.05, 0.1) is 19.2 Å². The number of methoxy groups -OCH3 is 1. The molecular formula is C14H19BrN2O2. The minimum Gasteiger partial charge on any atom is -0.496 e. The zero-order valence-corrected chi connectivity index (χ0v) is 12.8. The number of likely N-dealkylation sites (tertiary alicyclic amines) is 1. The Kier molecular flexibility index (Phi) is 4.47. The van der Waals surface area contributed by atoms with Crippen molar-refractivity contribution in [2.75, 3.05) is 13.7 Å². The van der Waals surface area contributed by atoms with Gasteiger partial charge in [-0.3, -0.25) is 4.79 Å². The van der Waals surface area contributed by atoms with E-state index in [1.807, 2.05) is 23.1 Å². The molecular weight excluding hydrogens is 308 g/mol. The average Bonchev–Trinajstić information content (AvgIpc) is 2.86. The summed E-state index contributed by atoms with van der Waals surface area (Å²) in [7, 11) is 1.65. The van der Waals surface area contributed by atoms with Crippen LogP contribution < -0.4 is 10.5 Å². The van der Waals surface area contributed by atoms with Crippen LogP contribution in [0.25, 0.3) is 0 Å². The molecule has 0 bridgehead atoms. The van der Waals surface area contributed by atoms with Gasteiger partial charge >= 0.3 is 0 Å². The summed E-state index contributed by atoms with van der Waals surface area (Å²) in [6, 6.07) is 5.49. The summed E-state index contributed by atoms with van der Waals surface area (Å²) in [4.78, 5) is 14.0. The van der Waals surface area contributed by atoms with E-state index in [1.54, 1.807) is 14.0 Å². The fraction of sp³-hybridized carbons (Fsp3) is 0.500. The van der Waals surface area contributed by atoms with Crippen molar-refractivity contribution >= 4 is 21.8 Å². The molecule has 2 rings (SSSR count). The molecule has 2 atom stereocenters. The number of nitrogens with zero attached hydrogens (tertiary/aromatic N) is 1. The average molecular weight is 327 g/mol. The zero-order chi connectivity index (χ0) is 14.0. The van der Waals surface area contributed by atoms with E-state index in [4.69, 9.17) is 10.5 Å². The Morgan fingerprint density at radius 1 is 1.58 bits per heavy atom. The Morgan fingerprint density at radius 2 is 2.32 bits per heavy atom. The third-order valence-electron chi connectivity index (χ3n) is 3.48. The molecule has 5 heteroatoms. The summed E-state index contributed by atoms with van der Waals surface area (Å²) in [5, 5.41) is 0. The Hall–Kier alpha value is -1.07. The van der Waals surface area contributed by atoms with Crippen molar-refractivity contribution in [3.63, 3.8) is 0 Å². The second kappa shape index (κ2) is 5.92. The third kappa shape index (κ3) is 2.92. The van der Waals surface area contributed by atoms with Gasteiger partial charge in [0.25, 0.3) is 0 Å². The Balaban J connectivity index is 2.34. The number of benzene rings is 1. The predicted molar refractivity (Wildman–Crippen MR) is 78.0 cm³/mol. The number of hydrogen-bond donors (Lipinski definition) is 1. The normalized spacial score (nSPS) is 20.4. The van der Waals surface area contributed by atoms with Crippen LogP contribution in [0.3, 0.4) is 0 Å². The lowest BCUT2D eigenvalue weighted by Gasteiger charge is -2.27. The van der Waals surface area contributed by atoms with Gasteiger partial charge in [-0.15, -0.1) is 0 Å². The van der Waals surface area contributed by atoms with Crippen molar-refractivity contribution in [3.8, 4) is 5.75 Å². The van der Waals surface area contributed by atoms with Gasteiger partial charge in [-0.1, -0.05) is 15.9 Å². The van der Waals surface area contributed by atoms with Crippen LogP contribution in [-0.4, -0.2) is 30.5 Å². The van der Waals surface area contributed by atoms with Crippen LogP contribution in [0.15, 0.2) is 22.7 Å². The van der Waals surface area contributed by atoms with Crippen LogP contribution in [0.2, 0.25) is 0 Å². The SMILES string of the molecule is COc1ccc(Br)cc1C1CCCN1C(=O)[C@@H](C)N. The quantitative estimate of drug-likeness (QED) is 0.928. The highest BCUT2D eigenvalue weighted by Gasteiger charge is 2.33. The molecule has 1 fully saturated rings. The van der Waals surface area contributed by atoms with Crippen LogP contribution in [0.1, 0.15) is 31.4 Å². The number of carbonyl (C=O) groups is 1. The van der Waals surface area contributed by atoms with E-state index in [2.05, 4.69) is 15.9 Å². The van der Waals surface area contributed by atoms with Crippen LogP contribution in [0, 0.1) is 0 Å². The van der Waals surface area contributed by atoms with Crippen LogP contribution in [0.5, 0.6) is 5.75 Å². The molecule has 1 saturated heterocycles. The summed E-state index contributed by atoms with van der Waals surface area (Å²) in [5.74, 6) is 0.821. The molecule has 0 radical (unpaired) electrons. The third-order valence-corrected chi connectivity index (χ3v) is 3.97. The van der Waals surface area contributed by atoms with Crippen LogP contribution in [0.4, 0.5) is 0 Å². The first-order chi connectivity index (χ1) is 9.04. The van der Waals surface area contributed by atoms with E-state index in [0.717, 1.165) is 35.2 Å². The van der Waals surface area contributed by atoms with Crippen molar-refractivity contribution in [2.45, 2.75) is 31.8 Å². The van der Waals surface area contributed by atoms with E-state index in [0.29, 0.717) is 0 Å². The molecule has 4 nitrogen and oxygen atoms in total. The van der Waals surface area contributed by atoms with E-state index < -0.39 is 6.04 Å². The van der Waals surface area contributed by atoms with Gasteiger partial charge in [-0.2, -0.15) is 0 Å². The highest BCUT2D eigenvalue weighted by Crippen LogP contribution is 2.38. The number of amides is 1. The van der Waals surface area contributed by atoms with E-state index in [1.165, 1.54) is 0 Å². The molecule has 1 aliphatic rings. The first-order valence-electron chi connectivity index (χ1n) is 6.44. The maximum atomic E-state index is 12.2. The van der Waals surface area contributed by atoms with Crippen molar-refractivity contribution in [1.82, 2.24) is 4.90 Å². The number of carbonyl (C=O) groups excluding carboxylic acids is 1. The lowest BCUT2D eigenvalue weighted by molar-refractivity contribution is -0.133. The zero-order valence-electron chi connectivity index (χ0n) is 11.2. The number of nitrogens with two attached hydrogens (primary N) is 1. The van der Waals surface area contributed by atoms with E-state index in [-0.39, 0.29) is 11.9 Å². The second-order valence-corrected chi connectivity index (χ2v) is 5.78. The molecule has 1 heterocycles. The van der Waals surface area contributed by atoms with Gasteiger partial charge in [0.1, 0.15) is 5.75 Å². The summed E-state index contributed by atoms with van der Waals surface area (Å²) in [6.07, 6.45) is 1.95. The maximum absolute atomic E-state index is 12.2. The van der Waals surface area contributed by atoms with Gasteiger partial charge in [-0.25, -0.2) is 0 Å². The van der Waals surface area contributed by atoms with Gasteiger partial charge in [-0.05, 0) is 38.0 Å². The van der Waals surface area contributed by atoms with E-state index in [9.17, 15) is 4.79 Å². The summed E-state index contributed by atoms with van der Waals surface area (Å²) in [5.41, 5.74) is 6.77. The minimum atomic E-state index is -0.459. The molecule has 2 N–H and O–H groups in total. The monoisotopic (exact) mass is 326 g/mol. The smallest absolute Gasteiger partial charge is 0.239 e. The Labute approximate surface area is 122 Å². The van der Waals surface area contributed by atoms with Gasteiger partial charge in [0.15, 0.2) is 0 Å². The van der Waals surface area contributed by atoms with Gasteiger partial charge in [0.2, 0.25) is 5.91 Å². The second-order valence-electron chi connectivity index (χ2n) is 4.86. The summed E-state index contributed by atoms with van der Waals surface area (Å²) >= 11 is 3.47. The highest BCUT2D eigenvalue weighted by molar-refractivity contribution is 9.10. The van der Waals surface area contributed by atoms with Crippen molar-refractivity contribution in [1.29, 1.82) is 0 Å². The number of hydrogen-bond acceptors (Lipinski definition) is 3. The molecule has 0 aromatic heterocycles. The fourth-order valence-electron chi connectivity index (χ4n) is 2.58. The van der Waals surface area contributed by atoms with Gasteiger partial charge < -0.3 is 15.4 Å². The lowest BCUT2D eigenvalue weighted by Crippen LogP contribution is -2.41. The Bertz CT molecular complexity index is 477. The molecule has 0 spiro atoms. The molecule has 1 unspecified atom stereocenters. The first-order valence-corrected chi connectivity index (χ1v) is 7.23. The summed E-state index contributed by atoms with van der Waals surface area (Å²) < 4.78 is 6.40. The molecule has 19 heavy (non-hydrogen) atoms. The molecule has 104 valence electrons. The van der Waals surface area contributed by atoms with Crippen molar-refractivity contribution in [3.05, 3.63) is 28.2 Å². The minimum absolute atomic E-state index is 0.00419.